The quantitative estimate of drug-likeness (QED) is 0.249. The molecule has 1 amide bonds. The number of nitriles is 1. The highest BCUT2D eigenvalue weighted by atomic mass is 79.9. The minimum Gasteiger partial charge on any atom is -0.490 e. The number of benzene rings is 2. The van der Waals surface area contributed by atoms with Gasteiger partial charge in [-0.15, -0.1) is 0 Å². The number of nitrogens with zero attached hydrogens (tertiary/aromatic N) is 2. The predicted molar refractivity (Wildman–Crippen MR) is 117 cm³/mol. The van der Waals surface area contributed by atoms with Crippen molar-refractivity contribution in [1.82, 2.24) is 0 Å². The van der Waals surface area contributed by atoms with Crippen molar-refractivity contribution in [2.24, 2.45) is 0 Å². The molecule has 0 atom stereocenters. The Labute approximate surface area is 182 Å². The maximum absolute atomic E-state index is 12.6. The Morgan fingerprint density at radius 1 is 1.27 bits per heavy atom. The van der Waals surface area contributed by atoms with E-state index in [1.807, 2.05) is 19.9 Å². The molecule has 0 bridgehead atoms. The largest absolute Gasteiger partial charge is 0.490 e. The number of rotatable bonds is 8. The molecular weight excluding hydrogens is 454 g/mol. The molecular formula is C21H20BrN3O5. The van der Waals surface area contributed by atoms with Crippen molar-refractivity contribution in [2.75, 3.05) is 18.5 Å². The summed E-state index contributed by atoms with van der Waals surface area (Å²) in [4.78, 5) is 22.9. The number of amides is 1. The number of halogens is 1. The van der Waals surface area contributed by atoms with E-state index < -0.39 is 10.8 Å². The molecule has 0 aliphatic rings. The molecule has 0 aliphatic carbocycles. The van der Waals surface area contributed by atoms with Crippen LogP contribution in [0.15, 0.2) is 40.4 Å². The standard InChI is InChI=1S/C21H20BrN3O5/c1-4-29-19-11-14(10-17(22)20(19)30-5-2)9-15(12-23)21(26)24-18-7-6-16(25(27)28)8-13(18)3/h6-11H,4-5H2,1-3H3,(H,24,26)/b15-9+. The lowest BCUT2D eigenvalue weighted by Gasteiger charge is -2.13. The predicted octanol–water partition coefficient (Wildman–Crippen LogP) is 5.01. The van der Waals surface area contributed by atoms with E-state index in [0.717, 1.165) is 0 Å². The fourth-order valence-corrected chi connectivity index (χ4v) is 3.20. The number of carbonyl (C=O) groups is 1. The third-order valence-corrected chi connectivity index (χ3v) is 4.55. The highest BCUT2D eigenvalue weighted by Crippen LogP contribution is 2.37. The third-order valence-electron chi connectivity index (χ3n) is 3.97. The van der Waals surface area contributed by atoms with Gasteiger partial charge in [0.2, 0.25) is 0 Å². The Hall–Kier alpha value is -3.38. The summed E-state index contributed by atoms with van der Waals surface area (Å²) in [6, 6.07) is 9.35. The zero-order valence-corrected chi connectivity index (χ0v) is 18.3. The lowest BCUT2D eigenvalue weighted by molar-refractivity contribution is -0.384. The van der Waals surface area contributed by atoms with E-state index in [1.54, 1.807) is 19.1 Å². The Morgan fingerprint density at radius 3 is 2.53 bits per heavy atom. The number of aryl methyl sites for hydroxylation is 1. The van der Waals surface area contributed by atoms with E-state index in [9.17, 15) is 20.2 Å². The third kappa shape index (κ3) is 5.58. The van der Waals surface area contributed by atoms with Crippen molar-refractivity contribution in [3.05, 3.63) is 61.6 Å². The second-order valence-corrected chi connectivity index (χ2v) is 6.93. The fourth-order valence-electron chi connectivity index (χ4n) is 2.63. The fraction of sp³-hybridized carbons (Fsp3) is 0.238. The van der Waals surface area contributed by atoms with Crippen molar-refractivity contribution in [3.8, 4) is 17.6 Å². The Balaban J connectivity index is 2.34. The Morgan fingerprint density at radius 2 is 1.97 bits per heavy atom. The topological polar surface area (TPSA) is 114 Å². The highest BCUT2D eigenvalue weighted by molar-refractivity contribution is 9.10. The van der Waals surface area contributed by atoms with Gasteiger partial charge < -0.3 is 14.8 Å². The second kappa shape index (κ2) is 10.4. The number of nitro groups is 1. The van der Waals surface area contributed by atoms with Crippen LogP contribution in [0.25, 0.3) is 6.08 Å². The van der Waals surface area contributed by atoms with Crippen molar-refractivity contribution in [1.29, 1.82) is 5.26 Å². The number of anilines is 1. The first-order valence-electron chi connectivity index (χ1n) is 9.08. The van der Waals surface area contributed by atoms with Crippen LogP contribution in [-0.4, -0.2) is 24.0 Å². The molecule has 30 heavy (non-hydrogen) atoms. The zero-order valence-electron chi connectivity index (χ0n) is 16.7. The lowest BCUT2D eigenvalue weighted by atomic mass is 10.1. The van der Waals surface area contributed by atoms with Crippen LogP contribution in [-0.2, 0) is 4.79 Å². The van der Waals surface area contributed by atoms with Gasteiger partial charge >= 0.3 is 0 Å². The van der Waals surface area contributed by atoms with E-state index in [-0.39, 0.29) is 11.3 Å². The van der Waals surface area contributed by atoms with Crippen LogP contribution in [0, 0.1) is 28.4 Å². The average Bonchev–Trinajstić information content (AvgIpc) is 2.70. The van der Waals surface area contributed by atoms with Crippen LogP contribution in [0.2, 0.25) is 0 Å². The summed E-state index contributed by atoms with van der Waals surface area (Å²) in [6.45, 7) is 6.20. The van der Waals surface area contributed by atoms with Gasteiger partial charge in [0.05, 0.1) is 22.6 Å². The summed E-state index contributed by atoms with van der Waals surface area (Å²) in [6.07, 6.45) is 1.43. The molecule has 8 nitrogen and oxygen atoms in total. The summed E-state index contributed by atoms with van der Waals surface area (Å²) in [5.74, 6) is 0.405. The van der Waals surface area contributed by atoms with Gasteiger partial charge in [0.1, 0.15) is 11.6 Å². The van der Waals surface area contributed by atoms with Gasteiger partial charge in [0, 0.05) is 17.8 Å². The van der Waals surface area contributed by atoms with Crippen LogP contribution < -0.4 is 14.8 Å². The van der Waals surface area contributed by atoms with Crippen LogP contribution in [0.5, 0.6) is 11.5 Å². The molecule has 0 aliphatic heterocycles. The molecule has 0 radical (unpaired) electrons. The molecule has 2 aromatic rings. The van der Waals surface area contributed by atoms with E-state index in [1.165, 1.54) is 24.3 Å². The zero-order chi connectivity index (χ0) is 22.3. The van der Waals surface area contributed by atoms with Crippen molar-refractivity contribution in [3.63, 3.8) is 0 Å². The van der Waals surface area contributed by atoms with Gasteiger partial charge in [-0.05, 0) is 72.1 Å². The number of hydrogen-bond donors (Lipinski definition) is 1. The Kier molecular flexibility index (Phi) is 7.95. The molecule has 1 N–H and O–H groups in total. The minimum atomic E-state index is -0.627. The lowest BCUT2D eigenvalue weighted by Crippen LogP contribution is -2.14. The summed E-state index contributed by atoms with van der Waals surface area (Å²) in [5.41, 5.74) is 1.25. The van der Waals surface area contributed by atoms with Gasteiger partial charge in [-0.2, -0.15) is 5.26 Å². The van der Waals surface area contributed by atoms with E-state index in [2.05, 4.69) is 21.2 Å². The highest BCUT2D eigenvalue weighted by Gasteiger charge is 2.16. The monoisotopic (exact) mass is 473 g/mol. The van der Waals surface area contributed by atoms with E-state index in [4.69, 9.17) is 9.47 Å². The van der Waals surface area contributed by atoms with Crippen LogP contribution >= 0.6 is 15.9 Å². The molecule has 2 rings (SSSR count). The molecule has 0 heterocycles. The maximum Gasteiger partial charge on any atom is 0.269 e. The second-order valence-electron chi connectivity index (χ2n) is 6.08. The average molecular weight is 474 g/mol. The smallest absolute Gasteiger partial charge is 0.269 e. The number of non-ortho nitro benzene ring substituents is 1. The number of nitro benzene ring substituents is 1. The first-order valence-corrected chi connectivity index (χ1v) is 9.87. The summed E-state index contributed by atoms with van der Waals surface area (Å²) >= 11 is 3.43. The van der Waals surface area contributed by atoms with Gasteiger partial charge in [-0.25, -0.2) is 0 Å². The van der Waals surface area contributed by atoms with Crippen LogP contribution in [0.1, 0.15) is 25.0 Å². The summed E-state index contributed by atoms with van der Waals surface area (Å²) in [7, 11) is 0. The van der Waals surface area contributed by atoms with Crippen molar-refractivity contribution in [2.45, 2.75) is 20.8 Å². The van der Waals surface area contributed by atoms with Gasteiger partial charge in [-0.3, -0.25) is 14.9 Å². The normalized spacial score (nSPS) is 10.8. The summed E-state index contributed by atoms with van der Waals surface area (Å²) < 4.78 is 11.8. The molecule has 0 fully saturated rings. The molecule has 9 heteroatoms. The number of ether oxygens (including phenoxy) is 2. The van der Waals surface area contributed by atoms with E-state index in [0.29, 0.717) is 46.0 Å². The molecule has 0 spiro atoms. The van der Waals surface area contributed by atoms with Crippen molar-refractivity contribution < 1.29 is 19.2 Å². The first-order chi connectivity index (χ1) is 14.3. The molecule has 2 aromatic carbocycles. The SMILES string of the molecule is CCOc1cc(/C=C(\C#N)C(=O)Nc2ccc([N+](=O)[O-])cc2C)cc(Br)c1OCC. The minimum absolute atomic E-state index is 0.0794. The molecule has 156 valence electrons. The Bertz CT molecular complexity index is 1040. The molecule has 0 saturated heterocycles. The first kappa shape index (κ1) is 22.9. The molecule has 0 unspecified atom stereocenters. The van der Waals surface area contributed by atoms with Crippen LogP contribution in [0.3, 0.4) is 0 Å². The summed E-state index contributed by atoms with van der Waals surface area (Å²) in [5, 5.41) is 22.9. The number of nitrogens with one attached hydrogen (secondary N) is 1. The van der Waals surface area contributed by atoms with Gasteiger partial charge in [0.25, 0.3) is 11.6 Å². The van der Waals surface area contributed by atoms with Gasteiger partial charge in [-0.1, -0.05) is 0 Å². The number of hydrogen-bond acceptors (Lipinski definition) is 6. The maximum atomic E-state index is 12.6. The van der Waals surface area contributed by atoms with E-state index >= 15 is 0 Å². The molecule has 0 aromatic heterocycles. The van der Waals surface area contributed by atoms with Crippen LogP contribution in [0.4, 0.5) is 11.4 Å². The molecule has 0 saturated carbocycles. The number of carbonyl (C=O) groups excluding carboxylic acids is 1. The van der Waals surface area contributed by atoms with Crippen molar-refractivity contribution >= 4 is 39.3 Å². The van der Waals surface area contributed by atoms with Gasteiger partial charge in [0.15, 0.2) is 11.5 Å².